The maximum Gasteiger partial charge on any atom is 0.0266 e. The molecule has 14 heavy (non-hydrogen) atoms. The van der Waals surface area contributed by atoms with Crippen LogP contribution in [0.2, 0.25) is 0 Å². The van der Waals surface area contributed by atoms with E-state index in [2.05, 4.69) is 17.3 Å². The molecule has 1 heteroatoms. The summed E-state index contributed by atoms with van der Waals surface area (Å²) in [6.07, 6.45) is 14.6. The van der Waals surface area contributed by atoms with Gasteiger partial charge in [0.25, 0.3) is 0 Å². The molecule has 74 valence electrons. The monoisotopic (exact) mass is 187 g/mol. The van der Waals surface area contributed by atoms with Crippen molar-refractivity contribution in [3.05, 3.63) is 23.4 Å². The zero-order valence-electron chi connectivity index (χ0n) is 8.58. The molecule has 2 atom stereocenters. The van der Waals surface area contributed by atoms with Gasteiger partial charge >= 0.3 is 0 Å². The molecule has 2 aliphatic carbocycles. The summed E-state index contributed by atoms with van der Waals surface area (Å²) in [5.41, 5.74) is 3.43. The van der Waals surface area contributed by atoms with E-state index < -0.39 is 0 Å². The summed E-state index contributed by atoms with van der Waals surface area (Å²) in [7, 11) is 0. The van der Waals surface area contributed by atoms with Gasteiger partial charge in [0.2, 0.25) is 0 Å². The highest BCUT2D eigenvalue weighted by atomic mass is 14.7. The fraction of sp³-hybridized carbons (Fsp3) is 0.615. The average Bonchev–Trinajstić information content (AvgIpc) is 2.55. The second kappa shape index (κ2) is 3.38. The Bertz CT molecular complexity index is 322. The minimum absolute atomic E-state index is 0.793. The van der Waals surface area contributed by atoms with E-state index in [9.17, 15) is 0 Å². The first kappa shape index (κ1) is 8.46. The maximum absolute atomic E-state index is 4.27. The minimum atomic E-state index is 0.793. The minimum Gasteiger partial charge on any atom is -0.269 e. The Kier molecular flexibility index (Phi) is 2.04. The van der Waals surface area contributed by atoms with Gasteiger partial charge in [0.1, 0.15) is 0 Å². The summed E-state index contributed by atoms with van der Waals surface area (Å²) in [6, 6.07) is 0. The van der Waals surface area contributed by atoms with E-state index in [1.807, 2.05) is 6.20 Å². The van der Waals surface area contributed by atoms with Gasteiger partial charge in [0, 0.05) is 12.4 Å². The number of nitrogens with zero attached hydrogens (tertiary/aromatic N) is 1. The van der Waals surface area contributed by atoms with Crippen LogP contribution in [0.5, 0.6) is 0 Å². The average molecular weight is 187 g/mol. The van der Waals surface area contributed by atoms with Crippen LogP contribution in [0.3, 0.4) is 0 Å². The highest BCUT2D eigenvalue weighted by Gasteiger charge is 2.31. The van der Waals surface area contributed by atoms with Crippen molar-refractivity contribution < 1.29 is 0 Å². The Morgan fingerprint density at radius 3 is 3.07 bits per heavy atom. The molecule has 3 rings (SSSR count). The summed E-state index contributed by atoms with van der Waals surface area (Å²) in [6.45, 7) is 0. The second-order valence-corrected chi connectivity index (χ2v) is 4.73. The molecule has 2 unspecified atom stereocenters. The van der Waals surface area contributed by atoms with Crippen LogP contribution in [0.25, 0.3) is 0 Å². The van der Waals surface area contributed by atoms with Gasteiger partial charge in [-0.25, -0.2) is 0 Å². The molecule has 0 bridgehead atoms. The third kappa shape index (κ3) is 1.26. The van der Waals surface area contributed by atoms with Crippen LogP contribution in [0.4, 0.5) is 0 Å². The standard InChI is InChI=1S/C13H17N/c1-2-10-4-5-11-6-8-14-9-7-13(11)12(10)3-1/h7-11H,1-6H2. The molecule has 1 heterocycles. The Balaban J connectivity index is 2.02. The number of hydrogen-bond donors (Lipinski definition) is 0. The molecule has 3 aliphatic rings. The van der Waals surface area contributed by atoms with Crippen molar-refractivity contribution in [1.82, 2.24) is 0 Å². The zero-order valence-corrected chi connectivity index (χ0v) is 8.58. The molecular formula is C13H17N. The van der Waals surface area contributed by atoms with E-state index in [-0.39, 0.29) is 0 Å². The molecule has 0 aromatic heterocycles. The van der Waals surface area contributed by atoms with Crippen molar-refractivity contribution in [2.24, 2.45) is 16.8 Å². The SMILES string of the molecule is C1=CC2=C3CCCC3CCC2CC=N1. The molecule has 1 saturated carbocycles. The van der Waals surface area contributed by atoms with Crippen molar-refractivity contribution in [3.63, 3.8) is 0 Å². The Hall–Kier alpha value is -0.850. The molecule has 1 fully saturated rings. The summed E-state index contributed by atoms with van der Waals surface area (Å²) >= 11 is 0. The van der Waals surface area contributed by atoms with E-state index in [0.29, 0.717) is 0 Å². The largest absolute Gasteiger partial charge is 0.269 e. The van der Waals surface area contributed by atoms with Crippen LogP contribution >= 0.6 is 0 Å². The number of allylic oxidation sites excluding steroid dienone is 3. The van der Waals surface area contributed by atoms with E-state index in [4.69, 9.17) is 0 Å². The van der Waals surface area contributed by atoms with E-state index >= 15 is 0 Å². The lowest BCUT2D eigenvalue weighted by atomic mass is 9.77. The summed E-state index contributed by atoms with van der Waals surface area (Å²) < 4.78 is 0. The fourth-order valence-corrected chi connectivity index (χ4v) is 3.30. The Morgan fingerprint density at radius 1 is 1.14 bits per heavy atom. The maximum atomic E-state index is 4.27. The van der Waals surface area contributed by atoms with Crippen LogP contribution in [-0.2, 0) is 0 Å². The molecular weight excluding hydrogens is 170 g/mol. The van der Waals surface area contributed by atoms with Crippen molar-refractivity contribution in [2.75, 3.05) is 0 Å². The molecule has 0 N–H and O–H groups in total. The summed E-state index contributed by atoms with van der Waals surface area (Å²) in [4.78, 5) is 4.27. The van der Waals surface area contributed by atoms with E-state index in [0.717, 1.165) is 11.8 Å². The molecule has 0 spiro atoms. The van der Waals surface area contributed by atoms with Gasteiger partial charge < -0.3 is 0 Å². The topological polar surface area (TPSA) is 12.4 Å². The quantitative estimate of drug-likeness (QED) is 0.550. The molecule has 0 aromatic rings. The van der Waals surface area contributed by atoms with Crippen LogP contribution < -0.4 is 0 Å². The third-order valence-corrected chi connectivity index (χ3v) is 4.00. The van der Waals surface area contributed by atoms with Crippen LogP contribution in [0, 0.1) is 11.8 Å². The van der Waals surface area contributed by atoms with Gasteiger partial charge in [-0.1, -0.05) is 5.57 Å². The summed E-state index contributed by atoms with van der Waals surface area (Å²) in [5.74, 6) is 1.73. The first-order valence-corrected chi connectivity index (χ1v) is 5.86. The number of aliphatic imine (C=N–C) groups is 1. The molecule has 0 saturated heterocycles. The third-order valence-electron chi connectivity index (χ3n) is 4.00. The number of hydrogen-bond acceptors (Lipinski definition) is 1. The molecule has 1 nitrogen and oxygen atoms in total. The molecule has 1 aliphatic heterocycles. The number of rotatable bonds is 0. The van der Waals surface area contributed by atoms with Crippen LogP contribution in [0.15, 0.2) is 28.4 Å². The highest BCUT2D eigenvalue weighted by molar-refractivity contribution is 5.61. The van der Waals surface area contributed by atoms with Crippen LogP contribution in [0.1, 0.15) is 38.5 Å². The first-order chi connectivity index (χ1) is 6.95. The highest BCUT2D eigenvalue weighted by Crippen LogP contribution is 2.45. The molecule has 0 aromatic carbocycles. The van der Waals surface area contributed by atoms with Crippen molar-refractivity contribution in [3.8, 4) is 0 Å². The summed E-state index contributed by atoms with van der Waals surface area (Å²) in [5, 5.41) is 0. The first-order valence-electron chi connectivity index (χ1n) is 5.86. The van der Waals surface area contributed by atoms with Gasteiger partial charge in [-0.3, -0.25) is 4.99 Å². The lowest BCUT2D eigenvalue weighted by Gasteiger charge is -2.28. The fourth-order valence-electron chi connectivity index (χ4n) is 3.30. The van der Waals surface area contributed by atoms with Crippen molar-refractivity contribution >= 4 is 6.21 Å². The van der Waals surface area contributed by atoms with Gasteiger partial charge in [-0.2, -0.15) is 0 Å². The van der Waals surface area contributed by atoms with E-state index in [1.54, 1.807) is 11.1 Å². The lowest BCUT2D eigenvalue weighted by molar-refractivity contribution is 0.440. The second-order valence-electron chi connectivity index (χ2n) is 4.73. The van der Waals surface area contributed by atoms with E-state index in [1.165, 1.54) is 38.5 Å². The van der Waals surface area contributed by atoms with Crippen molar-refractivity contribution in [1.29, 1.82) is 0 Å². The van der Waals surface area contributed by atoms with Crippen molar-refractivity contribution in [2.45, 2.75) is 38.5 Å². The Labute approximate surface area is 85.6 Å². The molecule has 0 amide bonds. The predicted octanol–water partition coefficient (Wildman–Crippen LogP) is 3.48. The van der Waals surface area contributed by atoms with Gasteiger partial charge in [-0.15, -0.1) is 0 Å². The van der Waals surface area contributed by atoms with Gasteiger partial charge in [0.05, 0.1) is 0 Å². The smallest absolute Gasteiger partial charge is 0.0266 e. The lowest BCUT2D eigenvalue weighted by Crippen LogP contribution is -2.15. The predicted molar refractivity (Wildman–Crippen MR) is 59.3 cm³/mol. The Morgan fingerprint density at radius 2 is 2.07 bits per heavy atom. The normalized spacial score (nSPS) is 35.4. The van der Waals surface area contributed by atoms with Gasteiger partial charge in [-0.05, 0) is 62.0 Å². The zero-order chi connectivity index (χ0) is 9.38. The number of fused-ring (bicyclic) bond motifs is 2. The van der Waals surface area contributed by atoms with Gasteiger partial charge in [0.15, 0.2) is 0 Å². The van der Waals surface area contributed by atoms with Crippen LogP contribution in [-0.4, -0.2) is 6.21 Å². The molecule has 0 radical (unpaired) electrons.